The number of rotatable bonds is 3. The van der Waals surface area contributed by atoms with E-state index in [-0.39, 0.29) is 18.7 Å². The van der Waals surface area contributed by atoms with Crippen molar-refractivity contribution >= 4 is 17.6 Å². The Morgan fingerprint density at radius 2 is 2.21 bits per heavy atom. The molecule has 0 unspecified atom stereocenters. The average molecular weight is 217 g/mol. The molecular weight excluding hydrogens is 207 g/mol. The summed E-state index contributed by atoms with van der Waals surface area (Å²) in [5.41, 5.74) is 1.01. The molecule has 14 heavy (non-hydrogen) atoms. The van der Waals surface area contributed by atoms with Gasteiger partial charge in [-0.2, -0.15) is 0 Å². The average Bonchev–Trinajstić information content (AvgIpc) is 2.09. The standard InChI is InChI=1S/C10H10ClFO2/c1-6-4-8(11)7(5-9(6)12)2-3-10(13)14/h4-5H,2-3H2,1H3,(H,13,14). The van der Waals surface area contributed by atoms with Gasteiger partial charge in [-0.05, 0) is 36.6 Å². The van der Waals surface area contributed by atoms with E-state index in [9.17, 15) is 9.18 Å². The maximum atomic E-state index is 13.1. The van der Waals surface area contributed by atoms with Gasteiger partial charge >= 0.3 is 5.97 Å². The predicted octanol–water partition coefficient (Wildman–Crippen LogP) is 2.80. The van der Waals surface area contributed by atoms with Crippen molar-refractivity contribution in [2.45, 2.75) is 19.8 Å². The molecule has 1 aromatic rings. The zero-order chi connectivity index (χ0) is 10.7. The number of carboxylic acid groups (broad SMARTS) is 1. The van der Waals surface area contributed by atoms with Gasteiger partial charge in [0, 0.05) is 11.4 Å². The lowest BCUT2D eigenvalue weighted by atomic mass is 10.1. The fourth-order valence-corrected chi connectivity index (χ4v) is 1.43. The molecule has 76 valence electrons. The molecule has 1 rings (SSSR count). The molecule has 0 saturated heterocycles. The van der Waals surface area contributed by atoms with Crippen LogP contribution in [-0.2, 0) is 11.2 Å². The van der Waals surface area contributed by atoms with Crippen LogP contribution in [0.1, 0.15) is 17.5 Å². The van der Waals surface area contributed by atoms with Crippen LogP contribution in [0.2, 0.25) is 5.02 Å². The van der Waals surface area contributed by atoms with Gasteiger partial charge in [-0.3, -0.25) is 4.79 Å². The summed E-state index contributed by atoms with van der Waals surface area (Å²) in [6.45, 7) is 1.61. The topological polar surface area (TPSA) is 37.3 Å². The number of halogens is 2. The molecule has 0 aliphatic carbocycles. The van der Waals surface area contributed by atoms with Gasteiger partial charge in [0.25, 0.3) is 0 Å². The SMILES string of the molecule is Cc1cc(Cl)c(CCC(=O)O)cc1F. The van der Waals surface area contributed by atoms with E-state index in [1.165, 1.54) is 12.1 Å². The first-order chi connectivity index (χ1) is 6.50. The first-order valence-corrected chi connectivity index (χ1v) is 4.55. The highest BCUT2D eigenvalue weighted by Gasteiger charge is 2.07. The lowest BCUT2D eigenvalue weighted by Gasteiger charge is -2.04. The van der Waals surface area contributed by atoms with Gasteiger partial charge in [-0.25, -0.2) is 4.39 Å². The van der Waals surface area contributed by atoms with Crippen LogP contribution in [0.25, 0.3) is 0 Å². The Bertz CT molecular complexity index is 363. The highest BCUT2D eigenvalue weighted by atomic mass is 35.5. The molecule has 0 amide bonds. The van der Waals surface area contributed by atoms with Crippen molar-refractivity contribution in [2.75, 3.05) is 0 Å². The number of aryl methyl sites for hydroxylation is 2. The molecule has 0 aliphatic rings. The summed E-state index contributed by atoms with van der Waals surface area (Å²) in [4.78, 5) is 10.3. The van der Waals surface area contributed by atoms with Crippen LogP contribution in [0.15, 0.2) is 12.1 Å². The number of benzene rings is 1. The van der Waals surface area contributed by atoms with Crippen molar-refractivity contribution in [3.8, 4) is 0 Å². The summed E-state index contributed by atoms with van der Waals surface area (Å²) in [6.07, 6.45) is 0.216. The Kier molecular flexibility index (Phi) is 3.47. The van der Waals surface area contributed by atoms with Gasteiger partial charge in [0.15, 0.2) is 0 Å². The molecule has 0 radical (unpaired) electrons. The molecule has 0 heterocycles. The fraction of sp³-hybridized carbons (Fsp3) is 0.300. The second-order valence-electron chi connectivity index (χ2n) is 3.09. The lowest BCUT2D eigenvalue weighted by Crippen LogP contribution is -1.99. The van der Waals surface area contributed by atoms with Crippen LogP contribution < -0.4 is 0 Å². The number of carbonyl (C=O) groups is 1. The third-order valence-corrected chi connectivity index (χ3v) is 2.29. The molecular formula is C10H10ClFO2. The van der Waals surface area contributed by atoms with E-state index >= 15 is 0 Å². The molecule has 0 atom stereocenters. The predicted molar refractivity (Wildman–Crippen MR) is 52.1 cm³/mol. The first kappa shape index (κ1) is 11.0. The molecule has 4 heteroatoms. The zero-order valence-corrected chi connectivity index (χ0v) is 8.44. The van der Waals surface area contributed by atoms with Gasteiger partial charge < -0.3 is 5.11 Å². The fourth-order valence-electron chi connectivity index (χ4n) is 1.12. The van der Waals surface area contributed by atoms with E-state index in [1.807, 2.05) is 0 Å². The maximum absolute atomic E-state index is 13.1. The van der Waals surface area contributed by atoms with Crippen molar-refractivity contribution in [2.24, 2.45) is 0 Å². The Morgan fingerprint density at radius 3 is 2.79 bits per heavy atom. The normalized spacial score (nSPS) is 10.2. The minimum absolute atomic E-state index is 0.0395. The third-order valence-electron chi connectivity index (χ3n) is 1.94. The second kappa shape index (κ2) is 4.42. The van der Waals surface area contributed by atoms with Gasteiger partial charge in [0.1, 0.15) is 5.82 Å². The second-order valence-corrected chi connectivity index (χ2v) is 3.49. The van der Waals surface area contributed by atoms with Crippen LogP contribution in [0.4, 0.5) is 4.39 Å². The first-order valence-electron chi connectivity index (χ1n) is 4.17. The van der Waals surface area contributed by atoms with Crippen molar-refractivity contribution in [1.29, 1.82) is 0 Å². The van der Waals surface area contributed by atoms with E-state index in [0.717, 1.165) is 0 Å². The molecule has 1 N–H and O–H groups in total. The van der Waals surface area contributed by atoms with Gasteiger partial charge in [0.05, 0.1) is 0 Å². The quantitative estimate of drug-likeness (QED) is 0.844. The molecule has 0 fully saturated rings. The van der Waals surface area contributed by atoms with Gasteiger partial charge in [-0.1, -0.05) is 11.6 Å². The summed E-state index contributed by atoms with van der Waals surface area (Å²) in [6, 6.07) is 2.80. The van der Waals surface area contributed by atoms with Gasteiger partial charge in [0.2, 0.25) is 0 Å². The smallest absolute Gasteiger partial charge is 0.303 e. The summed E-state index contributed by atoms with van der Waals surface area (Å²) in [7, 11) is 0. The van der Waals surface area contributed by atoms with E-state index in [2.05, 4.69) is 0 Å². The molecule has 0 saturated carbocycles. The van der Waals surface area contributed by atoms with Crippen molar-refractivity contribution in [1.82, 2.24) is 0 Å². The minimum Gasteiger partial charge on any atom is -0.481 e. The van der Waals surface area contributed by atoms with Crippen LogP contribution in [0.3, 0.4) is 0 Å². The number of carboxylic acids is 1. The van der Waals surface area contributed by atoms with Crippen LogP contribution in [-0.4, -0.2) is 11.1 Å². The van der Waals surface area contributed by atoms with E-state index in [0.29, 0.717) is 16.1 Å². The zero-order valence-electron chi connectivity index (χ0n) is 7.68. The van der Waals surface area contributed by atoms with E-state index in [4.69, 9.17) is 16.7 Å². The molecule has 0 spiro atoms. The number of hydrogen-bond acceptors (Lipinski definition) is 1. The van der Waals surface area contributed by atoms with E-state index in [1.54, 1.807) is 6.92 Å². The Labute approximate surface area is 86.3 Å². The van der Waals surface area contributed by atoms with Crippen LogP contribution >= 0.6 is 11.6 Å². The highest BCUT2D eigenvalue weighted by molar-refractivity contribution is 6.31. The van der Waals surface area contributed by atoms with Crippen LogP contribution in [0, 0.1) is 12.7 Å². The Balaban J connectivity index is 2.87. The Morgan fingerprint density at radius 1 is 1.57 bits per heavy atom. The minimum atomic E-state index is -0.915. The third kappa shape index (κ3) is 2.70. The Hall–Kier alpha value is -1.09. The molecule has 0 aliphatic heterocycles. The highest BCUT2D eigenvalue weighted by Crippen LogP contribution is 2.21. The van der Waals surface area contributed by atoms with Gasteiger partial charge in [-0.15, -0.1) is 0 Å². The molecule has 2 nitrogen and oxygen atoms in total. The van der Waals surface area contributed by atoms with Crippen molar-refractivity contribution in [3.05, 3.63) is 34.1 Å². The summed E-state index contributed by atoms with van der Waals surface area (Å²) >= 11 is 5.83. The van der Waals surface area contributed by atoms with E-state index < -0.39 is 5.97 Å². The molecule has 0 bridgehead atoms. The van der Waals surface area contributed by atoms with Crippen LogP contribution in [0.5, 0.6) is 0 Å². The lowest BCUT2D eigenvalue weighted by molar-refractivity contribution is -0.136. The summed E-state index contributed by atoms with van der Waals surface area (Å²) in [5, 5.41) is 8.87. The number of hydrogen-bond donors (Lipinski definition) is 1. The number of aliphatic carboxylic acids is 1. The largest absolute Gasteiger partial charge is 0.481 e. The molecule has 1 aromatic carbocycles. The van der Waals surface area contributed by atoms with Crippen molar-refractivity contribution < 1.29 is 14.3 Å². The monoisotopic (exact) mass is 216 g/mol. The summed E-state index contributed by atoms with van der Waals surface area (Å²) < 4.78 is 13.1. The summed E-state index contributed by atoms with van der Waals surface area (Å²) in [5.74, 6) is -1.27. The van der Waals surface area contributed by atoms with Crippen molar-refractivity contribution in [3.63, 3.8) is 0 Å². The maximum Gasteiger partial charge on any atom is 0.303 e. The molecule has 0 aromatic heterocycles.